The number of nitrogens with zero attached hydrogens (tertiary/aromatic N) is 2. The molecule has 5 nitrogen and oxygen atoms in total. The molecule has 0 saturated carbocycles. The van der Waals surface area contributed by atoms with Crippen LogP contribution in [0.2, 0.25) is 0 Å². The van der Waals surface area contributed by atoms with Crippen LogP contribution in [0.1, 0.15) is 10.4 Å². The van der Waals surface area contributed by atoms with Crippen LogP contribution in [0.3, 0.4) is 0 Å². The fraction of sp³-hybridized carbons (Fsp3) is 0. The highest BCUT2D eigenvalue weighted by atomic mass is 16.4. The molecule has 4 aromatic rings. The summed E-state index contributed by atoms with van der Waals surface area (Å²) in [6.07, 6.45) is 2.88. The predicted octanol–water partition coefficient (Wildman–Crippen LogP) is 3.99. The van der Waals surface area contributed by atoms with Crippen molar-refractivity contribution >= 4 is 17.0 Å². The lowest BCUT2D eigenvalue weighted by atomic mass is 10.0. The van der Waals surface area contributed by atoms with Crippen molar-refractivity contribution in [2.75, 3.05) is 0 Å². The van der Waals surface area contributed by atoms with Gasteiger partial charge in [-0.1, -0.05) is 54.6 Å². The standard InChI is InChI=1S/C19H13N3O2/c23-19(24)15-10-20-18-16(15)17(21-11-22-18)14-8-6-13(7-9-14)12-4-2-1-3-5-12/h1-11H,(H,23,24)(H,20,21,22). The van der Waals surface area contributed by atoms with Crippen LogP contribution in [-0.4, -0.2) is 26.0 Å². The van der Waals surface area contributed by atoms with E-state index in [1.807, 2.05) is 54.6 Å². The van der Waals surface area contributed by atoms with E-state index < -0.39 is 5.97 Å². The summed E-state index contributed by atoms with van der Waals surface area (Å²) in [5.74, 6) is -1.00. The average Bonchev–Trinajstić information content (AvgIpc) is 3.07. The maximum absolute atomic E-state index is 11.4. The molecule has 0 aliphatic carbocycles. The third kappa shape index (κ3) is 2.32. The van der Waals surface area contributed by atoms with Gasteiger partial charge in [0.05, 0.1) is 16.6 Å². The lowest BCUT2D eigenvalue weighted by Crippen LogP contribution is -1.96. The summed E-state index contributed by atoms with van der Waals surface area (Å²) in [6.45, 7) is 0. The molecule has 4 rings (SSSR count). The molecule has 2 aromatic carbocycles. The SMILES string of the molecule is O=C(O)c1c[nH]c2ncnc(-c3ccc(-c4ccccc4)cc3)c12. The Morgan fingerprint density at radius 2 is 1.54 bits per heavy atom. The first-order valence-electron chi connectivity index (χ1n) is 7.45. The molecule has 0 aliphatic rings. The van der Waals surface area contributed by atoms with Gasteiger partial charge in [-0.25, -0.2) is 14.8 Å². The molecule has 0 aliphatic heterocycles. The first kappa shape index (κ1) is 14.1. The number of fused-ring (bicyclic) bond motifs is 1. The van der Waals surface area contributed by atoms with Crippen molar-refractivity contribution in [2.24, 2.45) is 0 Å². The van der Waals surface area contributed by atoms with Crippen LogP contribution in [0.15, 0.2) is 67.1 Å². The molecular weight excluding hydrogens is 302 g/mol. The van der Waals surface area contributed by atoms with Crippen LogP contribution < -0.4 is 0 Å². The highest BCUT2D eigenvalue weighted by Gasteiger charge is 2.17. The zero-order valence-corrected chi connectivity index (χ0v) is 12.6. The van der Waals surface area contributed by atoms with Crippen LogP contribution in [0.25, 0.3) is 33.4 Å². The van der Waals surface area contributed by atoms with E-state index in [1.165, 1.54) is 12.5 Å². The Labute approximate surface area is 137 Å². The van der Waals surface area contributed by atoms with Crippen LogP contribution in [0.5, 0.6) is 0 Å². The van der Waals surface area contributed by atoms with E-state index in [0.29, 0.717) is 16.7 Å². The smallest absolute Gasteiger partial charge is 0.338 e. The van der Waals surface area contributed by atoms with E-state index in [1.54, 1.807) is 0 Å². The van der Waals surface area contributed by atoms with Crippen LogP contribution in [-0.2, 0) is 0 Å². The molecule has 2 aromatic heterocycles. The highest BCUT2D eigenvalue weighted by Crippen LogP contribution is 2.29. The zero-order valence-electron chi connectivity index (χ0n) is 12.6. The number of hydrogen-bond donors (Lipinski definition) is 2. The third-order valence-electron chi connectivity index (χ3n) is 3.97. The number of nitrogens with one attached hydrogen (secondary N) is 1. The molecule has 2 N–H and O–H groups in total. The summed E-state index contributed by atoms with van der Waals surface area (Å²) in [4.78, 5) is 22.7. The Hall–Kier alpha value is -3.47. The number of carboxylic acid groups (broad SMARTS) is 1. The Bertz CT molecular complexity index is 1020. The number of carbonyl (C=O) groups is 1. The first-order valence-corrected chi connectivity index (χ1v) is 7.45. The van der Waals surface area contributed by atoms with Crippen molar-refractivity contribution in [3.05, 3.63) is 72.7 Å². The number of aromatic carboxylic acids is 1. The first-order chi connectivity index (χ1) is 11.7. The number of benzene rings is 2. The molecule has 24 heavy (non-hydrogen) atoms. The van der Waals surface area contributed by atoms with Gasteiger partial charge in [0.1, 0.15) is 12.0 Å². The second-order valence-corrected chi connectivity index (χ2v) is 5.40. The van der Waals surface area contributed by atoms with Gasteiger partial charge >= 0.3 is 5.97 Å². The van der Waals surface area contributed by atoms with E-state index >= 15 is 0 Å². The average molecular weight is 315 g/mol. The second kappa shape index (κ2) is 5.62. The number of aromatic nitrogens is 3. The van der Waals surface area contributed by atoms with Gasteiger partial charge in [-0.05, 0) is 11.1 Å². The van der Waals surface area contributed by atoms with Gasteiger partial charge in [-0.3, -0.25) is 0 Å². The van der Waals surface area contributed by atoms with Gasteiger partial charge in [0.15, 0.2) is 0 Å². The van der Waals surface area contributed by atoms with Gasteiger partial charge < -0.3 is 10.1 Å². The van der Waals surface area contributed by atoms with Gasteiger partial charge in [0.25, 0.3) is 0 Å². The number of aromatic amines is 1. The Morgan fingerprint density at radius 3 is 2.25 bits per heavy atom. The normalized spacial score (nSPS) is 10.8. The molecule has 0 saturated heterocycles. The molecule has 0 fully saturated rings. The quantitative estimate of drug-likeness (QED) is 0.599. The van der Waals surface area contributed by atoms with E-state index in [9.17, 15) is 9.90 Å². The molecule has 0 bridgehead atoms. The minimum Gasteiger partial charge on any atom is -0.478 e. The van der Waals surface area contributed by atoms with Crippen molar-refractivity contribution in [3.63, 3.8) is 0 Å². The molecule has 0 unspecified atom stereocenters. The maximum atomic E-state index is 11.4. The molecular formula is C19H13N3O2. The topological polar surface area (TPSA) is 78.9 Å². The highest BCUT2D eigenvalue weighted by molar-refractivity contribution is 6.07. The van der Waals surface area contributed by atoms with Crippen molar-refractivity contribution < 1.29 is 9.90 Å². The minimum atomic E-state index is -1.00. The van der Waals surface area contributed by atoms with E-state index in [-0.39, 0.29) is 5.56 Å². The third-order valence-corrected chi connectivity index (χ3v) is 3.97. The summed E-state index contributed by atoms with van der Waals surface area (Å²) in [6, 6.07) is 18.0. The molecule has 116 valence electrons. The lowest BCUT2D eigenvalue weighted by Gasteiger charge is -2.06. The Kier molecular flexibility index (Phi) is 3.31. The van der Waals surface area contributed by atoms with Gasteiger partial charge in [0, 0.05) is 11.8 Å². The van der Waals surface area contributed by atoms with Crippen LogP contribution in [0, 0.1) is 0 Å². The number of hydrogen-bond acceptors (Lipinski definition) is 3. The van der Waals surface area contributed by atoms with Gasteiger partial charge in [0.2, 0.25) is 0 Å². The molecule has 0 amide bonds. The summed E-state index contributed by atoms with van der Waals surface area (Å²) in [7, 11) is 0. The fourth-order valence-electron chi connectivity index (χ4n) is 2.80. The predicted molar refractivity (Wildman–Crippen MR) is 91.7 cm³/mol. The van der Waals surface area contributed by atoms with Crippen molar-refractivity contribution in [3.8, 4) is 22.4 Å². The summed E-state index contributed by atoms with van der Waals surface area (Å²) >= 11 is 0. The zero-order chi connectivity index (χ0) is 16.5. The van der Waals surface area contributed by atoms with E-state index in [4.69, 9.17) is 0 Å². The van der Waals surface area contributed by atoms with Gasteiger partial charge in [-0.2, -0.15) is 0 Å². The lowest BCUT2D eigenvalue weighted by molar-refractivity contribution is 0.0699. The molecule has 5 heteroatoms. The van der Waals surface area contributed by atoms with E-state index in [0.717, 1.165) is 16.7 Å². The monoisotopic (exact) mass is 315 g/mol. The molecule has 0 atom stereocenters. The molecule has 0 spiro atoms. The number of rotatable bonds is 3. The summed E-state index contributed by atoms with van der Waals surface area (Å²) in [5, 5.41) is 9.89. The van der Waals surface area contributed by atoms with Crippen molar-refractivity contribution in [1.82, 2.24) is 15.0 Å². The van der Waals surface area contributed by atoms with Crippen molar-refractivity contribution in [1.29, 1.82) is 0 Å². The molecule has 2 heterocycles. The van der Waals surface area contributed by atoms with E-state index in [2.05, 4.69) is 15.0 Å². The maximum Gasteiger partial charge on any atom is 0.338 e. The largest absolute Gasteiger partial charge is 0.478 e. The summed E-state index contributed by atoms with van der Waals surface area (Å²) < 4.78 is 0. The Balaban J connectivity index is 1.83. The van der Waals surface area contributed by atoms with Crippen LogP contribution in [0.4, 0.5) is 0 Å². The Morgan fingerprint density at radius 1 is 0.875 bits per heavy atom. The van der Waals surface area contributed by atoms with Crippen molar-refractivity contribution in [2.45, 2.75) is 0 Å². The fourth-order valence-corrected chi connectivity index (χ4v) is 2.80. The number of H-pyrrole nitrogens is 1. The minimum absolute atomic E-state index is 0.174. The van der Waals surface area contributed by atoms with Gasteiger partial charge in [-0.15, -0.1) is 0 Å². The summed E-state index contributed by atoms with van der Waals surface area (Å²) in [5.41, 5.74) is 4.38. The molecule has 0 radical (unpaired) electrons. The van der Waals surface area contributed by atoms with Crippen LogP contribution >= 0.6 is 0 Å². The number of carboxylic acids is 1. The second-order valence-electron chi connectivity index (χ2n) is 5.40.